The van der Waals surface area contributed by atoms with Gasteiger partial charge in [0.05, 0.1) is 0 Å². The molecule has 0 aliphatic carbocycles. The average molecular weight is 220 g/mol. The predicted molar refractivity (Wildman–Crippen MR) is 73.6 cm³/mol. The molecule has 2 rings (SSSR count). The molecule has 17 heavy (non-hydrogen) atoms. The van der Waals surface area contributed by atoms with Gasteiger partial charge >= 0.3 is 0 Å². The van der Waals surface area contributed by atoms with Crippen molar-refractivity contribution in [2.75, 3.05) is 0 Å². The maximum atomic E-state index is 6.17. The van der Waals surface area contributed by atoms with Crippen LogP contribution in [0.25, 0.3) is 5.57 Å². The zero-order valence-corrected chi connectivity index (χ0v) is 9.84. The lowest BCUT2D eigenvalue weighted by atomic mass is 9.91. The van der Waals surface area contributed by atoms with Gasteiger partial charge in [0.1, 0.15) is 0 Å². The zero-order valence-electron chi connectivity index (χ0n) is 9.84. The third kappa shape index (κ3) is 3.07. The monoisotopic (exact) mass is 220 g/mol. The first-order valence-electron chi connectivity index (χ1n) is 5.81. The molecule has 0 aliphatic rings. The minimum atomic E-state index is 0.0175. The molecular formula is C17H16. The lowest BCUT2D eigenvalue weighted by Gasteiger charge is -2.13. The van der Waals surface area contributed by atoms with Gasteiger partial charge in [0, 0.05) is 0 Å². The molecule has 2 aromatic carbocycles. The van der Waals surface area contributed by atoms with E-state index in [1.807, 2.05) is 36.4 Å². The van der Waals surface area contributed by atoms with Crippen LogP contribution in [0.5, 0.6) is 0 Å². The first-order valence-corrected chi connectivity index (χ1v) is 5.81. The van der Waals surface area contributed by atoms with E-state index in [1.165, 1.54) is 5.56 Å². The summed E-state index contributed by atoms with van der Waals surface area (Å²) in [5.41, 5.74) is 3.41. The number of rotatable bonds is 4. The molecule has 0 N–H and O–H groups in total. The SMILES string of the molecule is [CH]C(CC(=C)c1ccccc1)c1ccccc1. The fourth-order valence-electron chi connectivity index (χ4n) is 1.88. The van der Waals surface area contributed by atoms with Crippen molar-refractivity contribution in [2.24, 2.45) is 0 Å². The van der Waals surface area contributed by atoms with Crippen LogP contribution in [-0.4, -0.2) is 0 Å². The van der Waals surface area contributed by atoms with Crippen molar-refractivity contribution in [3.8, 4) is 0 Å². The van der Waals surface area contributed by atoms with Crippen LogP contribution in [0.3, 0.4) is 0 Å². The van der Waals surface area contributed by atoms with Crippen molar-refractivity contribution in [1.82, 2.24) is 0 Å². The van der Waals surface area contributed by atoms with Crippen LogP contribution in [0, 0.1) is 6.92 Å². The molecule has 1 unspecified atom stereocenters. The smallest absolute Gasteiger partial charge is 0.00872 e. The predicted octanol–water partition coefficient (Wildman–Crippen LogP) is 4.58. The lowest BCUT2D eigenvalue weighted by Crippen LogP contribution is -1.95. The molecule has 0 saturated heterocycles. The van der Waals surface area contributed by atoms with Crippen molar-refractivity contribution in [2.45, 2.75) is 12.3 Å². The maximum absolute atomic E-state index is 6.17. The molecule has 84 valence electrons. The maximum Gasteiger partial charge on any atom is -0.00872 e. The highest BCUT2D eigenvalue weighted by molar-refractivity contribution is 5.64. The molecular weight excluding hydrogens is 204 g/mol. The molecule has 0 saturated carbocycles. The minimum Gasteiger partial charge on any atom is -0.0952 e. The molecule has 0 heterocycles. The number of allylic oxidation sites excluding steroid dienone is 1. The Morgan fingerprint density at radius 2 is 1.47 bits per heavy atom. The normalized spacial score (nSPS) is 12.1. The standard InChI is InChI=1S/C17H16/c1-14(16-9-5-3-6-10-16)13-15(2)17-11-7-4-8-12-17/h1,3-12,14H,2,13H2. The van der Waals surface area contributed by atoms with Gasteiger partial charge in [0.25, 0.3) is 0 Å². The van der Waals surface area contributed by atoms with Gasteiger partial charge in [0.2, 0.25) is 0 Å². The van der Waals surface area contributed by atoms with Gasteiger partial charge < -0.3 is 0 Å². The molecule has 1 atom stereocenters. The Kier molecular flexibility index (Phi) is 3.77. The van der Waals surface area contributed by atoms with Crippen molar-refractivity contribution in [3.63, 3.8) is 0 Å². The van der Waals surface area contributed by atoms with Crippen LogP contribution in [0.4, 0.5) is 0 Å². The highest BCUT2D eigenvalue weighted by Crippen LogP contribution is 2.26. The van der Waals surface area contributed by atoms with Crippen LogP contribution in [0.1, 0.15) is 23.5 Å². The van der Waals surface area contributed by atoms with Crippen molar-refractivity contribution >= 4 is 5.57 Å². The first-order chi connectivity index (χ1) is 8.27. The quantitative estimate of drug-likeness (QED) is 0.707. The molecule has 0 aliphatic heterocycles. The number of hydrogen-bond donors (Lipinski definition) is 0. The van der Waals surface area contributed by atoms with Gasteiger partial charge in [-0.25, -0.2) is 0 Å². The summed E-state index contributed by atoms with van der Waals surface area (Å²) in [6.07, 6.45) is 0.786. The Morgan fingerprint density at radius 1 is 0.941 bits per heavy atom. The van der Waals surface area contributed by atoms with E-state index < -0.39 is 0 Å². The summed E-state index contributed by atoms with van der Waals surface area (Å²) < 4.78 is 0. The van der Waals surface area contributed by atoms with Gasteiger partial charge in [0.15, 0.2) is 0 Å². The molecule has 0 spiro atoms. The number of hydrogen-bond acceptors (Lipinski definition) is 0. The van der Waals surface area contributed by atoms with E-state index >= 15 is 0 Å². The van der Waals surface area contributed by atoms with Crippen molar-refractivity contribution < 1.29 is 0 Å². The van der Waals surface area contributed by atoms with Crippen LogP contribution < -0.4 is 0 Å². The summed E-state index contributed by atoms with van der Waals surface area (Å²) in [5.74, 6) is 0.0175. The van der Waals surface area contributed by atoms with Gasteiger partial charge in [-0.15, -0.1) is 0 Å². The molecule has 0 aromatic heterocycles. The summed E-state index contributed by atoms with van der Waals surface area (Å²) >= 11 is 0. The second kappa shape index (κ2) is 5.49. The molecule has 0 fully saturated rings. The van der Waals surface area contributed by atoms with E-state index in [4.69, 9.17) is 6.92 Å². The Hall–Kier alpha value is -1.82. The fraction of sp³-hybridized carbons (Fsp3) is 0.118. The van der Waals surface area contributed by atoms with Crippen molar-refractivity contribution in [3.05, 3.63) is 85.3 Å². The van der Waals surface area contributed by atoms with E-state index in [2.05, 4.69) is 30.8 Å². The van der Waals surface area contributed by atoms with Crippen LogP contribution >= 0.6 is 0 Å². The van der Waals surface area contributed by atoms with Crippen LogP contribution in [0.2, 0.25) is 0 Å². The Balaban J connectivity index is 2.05. The first kappa shape index (κ1) is 11.7. The van der Waals surface area contributed by atoms with E-state index in [9.17, 15) is 0 Å². The summed E-state index contributed by atoms with van der Waals surface area (Å²) in [7, 11) is 0. The third-order valence-corrected chi connectivity index (χ3v) is 2.88. The number of benzene rings is 2. The van der Waals surface area contributed by atoms with E-state index in [-0.39, 0.29) is 5.92 Å². The second-order valence-electron chi connectivity index (χ2n) is 4.19. The summed E-state index contributed by atoms with van der Waals surface area (Å²) in [4.78, 5) is 0. The second-order valence-corrected chi connectivity index (χ2v) is 4.19. The lowest BCUT2D eigenvalue weighted by molar-refractivity contribution is 0.874. The summed E-state index contributed by atoms with van der Waals surface area (Å²) in [5, 5.41) is 0. The molecule has 2 aromatic rings. The molecule has 2 radical (unpaired) electrons. The van der Waals surface area contributed by atoms with E-state index in [0.717, 1.165) is 17.6 Å². The highest BCUT2D eigenvalue weighted by Gasteiger charge is 2.08. The van der Waals surface area contributed by atoms with Gasteiger partial charge in [-0.3, -0.25) is 0 Å². The Morgan fingerprint density at radius 3 is 2.06 bits per heavy atom. The summed E-state index contributed by atoms with van der Waals surface area (Å²) in [6.45, 7) is 10.3. The molecule has 0 nitrogen and oxygen atoms in total. The minimum absolute atomic E-state index is 0.0175. The van der Waals surface area contributed by atoms with Crippen molar-refractivity contribution in [1.29, 1.82) is 0 Å². The topological polar surface area (TPSA) is 0 Å². The largest absolute Gasteiger partial charge is 0.0952 e. The molecule has 0 heteroatoms. The molecule has 0 bridgehead atoms. The van der Waals surface area contributed by atoms with Crippen LogP contribution in [0.15, 0.2) is 67.2 Å². The van der Waals surface area contributed by atoms with Gasteiger partial charge in [-0.05, 0) is 36.0 Å². The third-order valence-electron chi connectivity index (χ3n) is 2.88. The zero-order chi connectivity index (χ0) is 12.1. The fourth-order valence-corrected chi connectivity index (χ4v) is 1.88. The molecule has 0 amide bonds. The van der Waals surface area contributed by atoms with E-state index in [0.29, 0.717) is 0 Å². The van der Waals surface area contributed by atoms with Gasteiger partial charge in [-0.1, -0.05) is 67.2 Å². The average Bonchev–Trinajstić information content (AvgIpc) is 2.40. The Bertz CT molecular complexity index is 468. The highest BCUT2D eigenvalue weighted by atomic mass is 14.1. The van der Waals surface area contributed by atoms with Crippen LogP contribution in [-0.2, 0) is 0 Å². The van der Waals surface area contributed by atoms with Gasteiger partial charge in [-0.2, -0.15) is 0 Å². The Labute approximate surface area is 104 Å². The van der Waals surface area contributed by atoms with E-state index in [1.54, 1.807) is 0 Å². The summed E-state index contributed by atoms with van der Waals surface area (Å²) in [6, 6.07) is 20.3.